The smallest absolute Gasteiger partial charge is 0.272 e. The molecule has 0 fully saturated rings. The molecule has 4 heteroatoms. The Balaban J connectivity index is 2.57. The Hall–Kier alpha value is -1.42. The summed E-state index contributed by atoms with van der Waals surface area (Å²) >= 11 is 0. The van der Waals surface area contributed by atoms with Crippen LogP contribution in [0.5, 0.6) is 0 Å². The van der Waals surface area contributed by atoms with E-state index in [9.17, 15) is 10.1 Å². The lowest BCUT2D eigenvalue weighted by atomic mass is 10.0. The molecule has 0 saturated heterocycles. The zero-order chi connectivity index (χ0) is 13.5. The van der Waals surface area contributed by atoms with Gasteiger partial charge in [-0.1, -0.05) is 32.4 Å². The van der Waals surface area contributed by atoms with Crippen LogP contribution in [0.3, 0.4) is 0 Å². The Morgan fingerprint density at radius 3 is 2.78 bits per heavy atom. The van der Waals surface area contributed by atoms with E-state index < -0.39 is 0 Å². The molecule has 0 aliphatic heterocycles. The molecule has 1 aromatic carbocycles. The van der Waals surface area contributed by atoms with Crippen molar-refractivity contribution in [3.05, 3.63) is 39.4 Å². The number of hydrogen-bond donors (Lipinski definition) is 1. The largest absolute Gasteiger partial charge is 0.312 e. The van der Waals surface area contributed by atoms with Crippen LogP contribution in [-0.2, 0) is 6.54 Å². The number of hydrogen-bond acceptors (Lipinski definition) is 3. The first-order valence-electron chi connectivity index (χ1n) is 6.49. The van der Waals surface area contributed by atoms with Crippen LogP contribution in [0.15, 0.2) is 18.2 Å². The third-order valence-corrected chi connectivity index (χ3v) is 3.20. The van der Waals surface area contributed by atoms with Crippen molar-refractivity contribution < 1.29 is 4.92 Å². The van der Waals surface area contributed by atoms with Gasteiger partial charge in [0.05, 0.1) is 4.92 Å². The summed E-state index contributed by atoms with van der Waals surface area (Å²) < 4.78 is 0. The first kappa shape index (κ1) is 14.6. The molecule has 0 heterocycles. The first-order valence-corrected chi connectivity index (χ1v) is 6.49. The molecule has 0 saturated carbocycles. The lowest BCUT2D eigenvalue weighted by Gasteiger charge is -2.12. The van der Waals surface area contributed by atoms with E-state index in [0.29, 0.717) is 12.5 Å². The van der Waals surface area contributed by atoms with E-state index in [1.54, 1.807) is 12.1 Å². The highest BCUT2D eigenvalue weighted by molar-refractivity contribution is 5.44. The van der Waals surface area contributed by atoms with Gasteiger partial charge in [-0.25, -0.2) is 0 Å². The Kier molecular flexibility index (Phi) is 5.78. The highest BCUT2D eigenvalue weighted by Gasteiger charge is 2.12. The zero-order valence-corrected chi connectivity index (χ0v) is 11.4. The SMILES string of the molecule is CCCC(C)CNCc1cccc([N+](=O)[O-])c1C. The molecule has 0 amide bonds. The van der Waals surface area contributed by atoms with Crippen molar-refractivity contribution in [1.82, 2.24) is 5.32 Å². The van der Waals surface area contributed by atoms with Gasteiger partial charge in [0, 0.05) is 18.2 Å². The van der Waals surface area contributed by atoms with Crippen LogP contribution in [0.2, 0.25) is 0 Å². The summed E-state index contributed by atoms with van der Waals surface area (Å²) in [6.07, 6.45) is 2.40. The predicted octanol–water partition coefficient (Wildman–Crippen LogP) is 3.43. The number of nitrogens with zero attached hydrogens (tertiary/aromatic N) is 1. The minimum absolute atomic E-state index is 0.205. The molecule has 1 aromatic rings. The molecule has 1 N–H and O–H groups in total. The lowest BCUT2D eigenvalue weighted by molar-refractivity contribution is -0.385. The molecule has 18 heavy (non-hydrogen) atoms. The van der Waals surface area contributed by atoms with Crippen molar-refractivity contribution >= 4 is 5.69 Å². The third kappa shape index (κ3) is 4.11. The van der Waals surface area contributed by atoms with Crippen molar-refractivity contribution in [3.8, 4) is 0 Å². The molecule has 0 radical (unpaired) electrons. The molecule has 0 spiro atoms. The van der Waals surface area contributed by atoms with Gasteiger partial charge in [-0.05, 0) is 31.4 Å². The second-order valence-corrected chi connectivity index (χ2v) is 4.84. The van der Waals surface area contributed by atoms with Gasteiger partial charge >= 0.3 is 0 Å². The van der Waals surface area contributed by atoms with E-state index in [0.717, 1.165) is 17.7 Å². The second kappa shape index (κ2) is 7.11. The Morgan fingerprint density at radius 2 is 2.17 bits per heavy atom. The molecule has 0 aliphatic carbocycles. The summed E-state index contributed by atoms with van der Waals surface area (Å²) in [4.78, 5) is 10.5. The predicted molar refractivity (Wildman–Crippen MR) is 73.6 cm³/mol. The fraction of sp³-hybridized carbons (Fsp3) is 0.571. The van der Waals surface area contributed by atoms with Crippen LogP contribution < -0.4 is 5.32 Å². The van der Waals surface area contributed by atoms with Crippen molar-refractivity contribution in [3.63, 3.8) is 0 Å². The van der Waals surface area contributed by atoms with Crippen LogP contribution in [0, 0.1) is 23.0 Å². The van der Waals surface area contributed by atoms with Crippen LogP contribution in [-0.4, -0.2) is 11.5 Å². The van der Waals surface area contributed by atoms with Crippen LogP contribution in [0.25, 0.3) is 0 Å². The molecule has 0 bridgehead atoms. The van der Waals surface area contributed by atoms with Gasteiger partial charge in [-0.3, -0.25) is 10.1 Å². The number of rotatable bonds is 7. The van der Waals surface area contributed by atoms with Gasteiger partial charge < -0.3 is 5.32 Å². The van der Waals surface area contributed by atoms with Gasteiger partial charge in [0.2, 0.25) is 0 Å². The van der Waals surface area contributed by atoms with E-state index in [4.69, 9.17) is 0 Å². The summed E-state index contributed by atoms with van der Waals surface area (Å²) in [5.41, 5.74) is 1.97. The summed E-state index contributed by atoms with van der Waals surface area (Å²) in [6.45, 7) is 7.86. The van der Waals surface area contributed by atoms with Gasteiger partial charge in [0.15, 0.2) is 0 Å². The van der Waals surface area contributed by atoms with Crippen LogP contribution >= 0.6 is 0 Å². The summed E-state index contributed by atoms with van der Waals surface area (Å²) in [7, 11) is 0. The number of nitrogens with one attached hydrogen (secondary N) is 1. The normalized spacial score (nSPS) is 12.4. The maximum absolute atomic E-state index is 10.8. The van der Waals surface area contributed by atoms with Gasteiger partial charge in [-0.15, -0.1) is 0 Å². The van der Waals surface area contributed by atoms with E-state index in [1.807, 2.05) is 13.0 Å². The van der Waals surface area contributed by atoms with E-state index in [2.05, 4.69) is 19.2 Å². The zero-order valence-electron chi connectivity index (χ0n) is 11.4. The monoisotopic (exact) mass is 250 g/mol. The standard InChI is InChI=1S/C14H22N2O2/c1-4-6-11(2)9-15-10-13-7-5-8-14(12(13)3)16(17)18/h5,7-8,11,15H,4,6,9-10H2,1-3H3. The minimum Gasteiger partial charge on any atom is -0.312 e. The maximum atomic E-state index is 10.8. The van der Waals surface area contributed by atoms with Crippen molar-refractivity contribution in [1.29, 1.82) is 0 Å². The van der Waals surface area contributed by atoms with Gasteiger partial charge in [-0.2, -0.15) is 0 Å². The molecule has 4 nitrogen and oxygen atoms in total. The fourth-order valence-corrected chi connectivity index (χ4v) is 2.11. The Bertz CT molecular complexity index is 405. The van der Waals surface area contributed by atoms with Crippen LogP contribution in [0.1, 0.15) is 37.8 Å². The summed E-state index contributed by atoms with van der Waals surface area (Å²) in [5, 5.41) is 14.2. The van der Waals surface area contributed by atoms with Gasteiger partial charge in [0.25, 0.3) is 5.69 Å². The average Bonchev–Trinajstić information content (AvgIpc) is 2.31. The van der Waals surface area contributed by atoms with E-state index in [-0.39, 0.29) is 10.6 Å². The molecule has 0 aliphatic rings. The van der Waals surface area contributed by atoms with Crippen LogP contribution in [0.4, 0.5) is 5.69 Å². The molecular formula is C14H22N2O2. The number of nitro groups is 1. The third-order valence-electron chi connectivity index (χ3n) is 3.20. The van der Waals surface area contributed by atoms with E-state index >= 15 is 0 Å². The first-order chi connectivity index (χ1) is 8.56. The Labute approximate surface area is 109 Å². The summed E-state index contributed by atoms with van der Waals surface area (Å²) in [6, 6.07) is 5.25. The highest BCUT2D eigenvalue weighted by Crippen LogP contribution is 2.20. The number of nitro benzene ring substituents is 1. The molecule has 1 atom stereocenters. The molecule has 1 unspecified atom stereocenters. The molecular weight excluding hydrogens is 228 g/mol. The number of benzene rings is 1. The Morgan fingerprint density at radius 1 is 1.44 bits per heavy atom. The topological polar surface area (TPSA) is 55.2 Å². The van der Waals surface area contributed by atoms with Gasteiger partial charge in [0.1, 0.15) is 0 Å². The molecule has 0 aromatic heterocycles. The van der Waals surface area contributed by atoms with Crippen molar-refractivity contribution in [2.45, 2.75) is 40.2 Å². The van der Waals surface area contributed by atoms with E-state index in [1.165, 1.54) is 12.8 Å². The minimum atomic E-state index is -0.321. The average molecular weight is 250 g/mol. The van der Waals surface area contributed by atoms with Crippen molar-refractivity contribution in [2.75, 3.05) is 6.54 Å². The fourth-order valence-electron chi connectivity index (χ4n) is 2.11. The summed E-state index contributed by atoms with van der Waals surface area (Å²) in [5.74, 6) is 0.647. The second-order valence-electron chi connectivity index (χ2n) is 4.84. The molecule has 100 valence electrons. The lowest BCUT2D eigenvalue weighted by Crippen LogP contribution is -2.21. The maximum Gasteiger partial charge on any atom is 0.272 e. The highest BCUT2D eigenvalue weighted by atomic mass is 16.6. The molecule has 1 rings (SSSR count). The van der Waals surface area contributed by atoms with Crippen molar-refractivity contribution in [2.24, 2.45) is 5.92 Å². The quantitative estimate of drug-likeness (QED) is 0.596.